The number of nitrogens with one attached hydrogen (secondary N) is 1. The number of rotatable bonds is 3. The Labute approximate surface area is 117 Å². The second-order valence-corrected chi connectivity index (χ2v) is 4.53. The van der Waals surface area contributed by atoms with E-state index in [0.29, 0.717) is 5.56 Å². The number of nitrogens with zero attached hydrogens (tertiary/aromatic N) is 1. The number of hydrogen-bond donors (Lipinski definition) is 1. The number of oxime groups is 1. The summed E-state index contributed by atoms with van der Waals surface area (Å²) in [5, 5.41) is 6.71. The Morgan fingerprint density at radius 1 is 1.10 bits per heavy atom. The number of para-hydroxylation sites is 1. The molecule has 2 aromatic rings. The number of anilines is 1. The summed E-state index contributed by atoms with van der Waals surface area (Å²) in [4.78, 5) is 17.5. The van der Waals surface area contributed by atoms with Crippen LogP contribution >= 0.6 is 0 Å². The molecule has 0 saturated carbocycles. The molecular formula is C16H14N2O2. The van der Waals surface area contributed by atoms with E-state index in [1.165, 1.54) is 0 Å². The van der Waals surface area contributed by atoms with Crippen molar-refractivity contribution in [2.45, 2.75) is 12.5 Å². The van der Waals surface area contributed by atoms with Crippen LogP contribution in [0.25, 0.3) is 0 Å². The largest absolute Gasteiger partial charge is 0.387 e. The van der Waals surface area contributed by atoms with E-state index in [0.717, 1.165) is 17.7 Å². The highest BCUT2D eigenvalue weighted by molar-refractivity contribution is 6.04. The van der Waals surface area contributed by atoms with Crippen LogP contribution in [0.2, 0.25) is 0 Å². The second-order valence-electron chi connectivity index (χ2n) is 4.53. The Bertz CT molecular complexity index is 630. The Hall–Kier alpha value is -2.62. The van der Waals surface area contributed by atoms with E-state index in [1.807, 2.05) is 42.5 Å². The summed E-state index contributed by atoms with van der Waals surface area (Å²) in [5.74, 6) is -0.128. The summed E-state index contributed by atoms with van der Waals surface area (Å²) in [5.41, 5.74) is 2.33. The summed E-state index contributed by atoms with van der Waals surface area (Å²) in [7, 11) is 0. The number of hydrogen-bond acceptors (Lipinski definition) is 3. The van der Waals surface area contributed by atoms with Gasteiger partial charge in [0, 0.05) is 29.4 Å². The van der Waals surface area contributed by atoms with Crippen molar-refractivity contribution in [1.82, 2.24) is 0 Å². The molecule has 0 bridgehead atoms. The molecule has 3 rings (SSSR count). The maximum atomic E-state index is 12.2. The molecule has 0 aromatic heterocycles. The number of amides is 1. The average molecular weight is 266 g/mol. The van der Waals surface area contributed by atoms with Gasteiger partial charge in [0.05, 0.1) is 0 Å². The van der Waals surface area contributed by atoms with Crippen molar-refractivity contribution in [1.29, 1.82) is 0 Å². The normalized spacial score (nSPS) is 16.7. The van der Waals surface area contributed by atoms with E-state index in [9.17, 15) is 4.79 Å². The maximum absolute atomic E-state index is 12.2. The lowest BCUT2D eigenvalue weighted by Gasteiger charge is -2.14. The minimum atomic E-state index is -0.128. The van der Waals surface area contributed by atoms with Gasteiger partial charge in [0.1, 0.15) is 0 Å². The van der Waals surface area contributed by atoms with Gasteiger partial charge in [0.25, 0.3) is 5.91 Å². The highest BCUT2D eigenvalue weighted by atomic mass is 16.6. The fourth-order valence-electron chi connectivity index (χ4n) is 2.16. The topological polar surface area (TPSA) is 50.7 Å². The van der Waals surface area contributed by atoms with Crippen LogP contribution in [0.3, 0.4) is 0 Å². The fraction of sp³-hybridized carbons (Fsp3) is 0.125. The molecule has 1 heterocycles. The Morgan fingerprint density at radius 3 is 2.60 bits per heavy atom. The van der Waals surface area contributed by atoms with Crippen LogP contribution in [-0.2, 0) is 4.84 Å². The van der Waals surface area contributed by atoms with Crippen molar-refractivity contribution in [2.24, 2.45) is 5.16 Å². The van der Waals surface area contributed by atoms with Crippen LogP contribution in [0.15, 0.2) is 59.8 Å². The lowest BCUT2D eigenvalue weighted by molar-refractivity contribution is 0.0861. The van der Waals surface area contributed by atoms with Gasteiger partial charge in [-0.05, 0) is 18.2 Å². The quantitative estimate of drug-likeness (QED) is 0.925. The van der Waals surface area contributed by atoms with E-state index < -0.39 is 0 Å². The third kappa shape index (κ3) is 2.54. The van der Waals surface area contributed by atoms with Crippen molar-refractivity contribution in [3.8, 4) is 0 Å². The minimum Gasteiger partial charge on any atom is -0.387 e. The van der Waals surface area contributed by atoms with Crippen molar-refractivity contribution in [3.05, 3.63) is 65.7 Å². The average Bonchev–Trinajstić information content (AvgIpc) is 3.03. The number of benzene rings is 2. The molecule has 1 aliphatic rings. The Morgan fingerprint density at radius 2 is 1.85 bits per heavy atom. The van der Waals surface area contributed by atoms with Crippen LogP contribution in [0.4, 0.5) is 5.69 Å². The lowest BCUT2D eigenvalue weighted by atomic mass is 10.0. The summed E-state index contributed by atoms with van der Waals surface area (Å²) >= 11 is 0. The molecule has 0 radical (unpaired) electrons. The minimum absolute atomic E-state index is 0.123. The van der Waals surface area contributed by atoms with Gasteiger partial charge in [-0.3, -0.25) is 4.79 Å². The molecule has 20 heavy (non-hydrogen) atoms. The molecular weight excluding hydrogens is 252 g/mol. The van der Waals surface area contributed by atoms with Gasteiger partial charge in [-0.1, -0.05) is 41.6 Å². The number of carbonyl (C=O) groups excluding carboxylic acids is 1. The van der Waals surface area contributed by atoms with Gasteiger partial charge in [0.2, 0.25) is 0 Å². The predicted molar refractivity (Wildman–Crippen MR) is 77.8 cm³/mol. The first kappa shape index (κ1) is 12.4. The zero-order chi connectivity index (χ0) is 13.8. The molecule has 0 unspecified atom stereocenters. The van der Waals surface area contributed by atoms with Gasteiger partial charge in [-0.2, -0.15) is 0 Å². The monoisotopic (exact) mass is 266 g/mol. The zero-order valence-corrected chi connectivity index (χ0v) is 10.8. The van der Waals surface area contributed by atoms with E-state index in [-0.39, 0.29) is 12.0 Å². The zero-order valence-electron chi connectivity index (χ0n) is 10.8. The molecule has 0 aliphatic carbocycles. The molecule has 2 aromatic carbocycles. The summed E-state index contributed by atoms with van der Waals surface area (Å²) in [6.07, 6.45) is 2.33. The molecule has 100 valence electrons. The standard InChI is InChI=1S/C16H14N2O2/c19-16(12-6-2-1-3-7-12)18-14-9-5-4-8-13(14)15-10-11-17-20-15/h1-9,11,15H,10H2,(H,18,19)/t15-/m0/s1. The third-order valence-electron chi connectivity index (χ3n) is 3.17. The van der Waals surface area contributed by atoms with E-state index in [1.54, 1.807) is 18.3 Å². The highest BCUT2D eigenvalue weighted by Gasteiger charge is 2.20. The van der Waals surface area contributed by atoms with Crippen LogP contribution < -0.4 is 5.32 Å². The first-order chi connectivity index (χ1) is 9.84. The molecule has 0 fully saturated rings. The van der Waals surface area contributed by atoms with Gasteiger partial charge in [-0.25, -0.2) is 0 Å². The molecule has 0 spiro atoms. The highest BCUT2D eigenvalue weighted by Crippen LogP contribution is 2.30. The SMILES string of the molecule is O=C(Nc1ccccc1[C@@H]1CC=NO1)c1ccccc1. The molecule has 1 aliphatic heterocycles. The third-order valence-corrected chi connectivity index (χ3v) is 3.17. The van der Waals surface area contributed by atoms with E-state index in [2.05, 4.69) is 10.5 Å². The lowest BCUT2D eigenvalue weighted by Crippen LogP contribution is -2.14. The van der Waals surface area contributed by atoms with Crippen molar-refractivity contribution < 1.29 is 9.63 Å². The van der Waals surface area contributed by atoms with Crippen LogP contribution in [-0.4, -0.2) is 12.1 Å². The van der Waals surface area contributed by atoms with Crippen molar-refractivity contribution in [3.63, 3.8) is 0 Å². The first-order valence-electron chi connectivity index (χ1n) is 6.47. The first-order valence-corrected chi connectivity index (χ1v) is 6.47. The fourth-order valence-corrected chi connectivity index (χ4v) is 2.16. The second kappa shape index (κ2) is 5.57. The maximum Gasteiger partial charge on any atom is 0.255 e. The van der Waals surface area contributed by atoms with Gasteiger partial charge >= 0.3 is 0 Å². The smallest absolute Gasteiger partial charge is 0.255 e. The molecule has 1 N–H and O–H groups in total. The number of carbonyl (C=O) groups is 1. The molecule has 4 heteroatoms. The Kier molecular flexibility index (Phi) is 3.46. The van der Waals surface area contributed by atoms with Crippen LogP contribution in [0.5, 0.6) is 0 Å². The van der Waals surface area contributed by atoms with Gasteiger partial charge in [-0.15, -0.1) is 0 Å². The predicted octanol–water partition coefficient (Wildman–Crippen LogP) is 3.39. The summed E-state index contributed by atoms with van der Waals surface area (Å²) < 4.78 is 0. The molecule has 1 amide bonds. The van der Waals surface area contributed by atoms with Crippen LogP contribution in [0.1, 0.15) is 28.4 Å². The van der Waals surface area contributed by atoms with Crippen molar-refractivity contribution >= 4 is 17.8 Å². The van der Waals surface area contributed by atoms with Crippen LogP contribution in [0, 0.1) is 0 Å². The van der Waals surface area contributed by atoms with E-state index >= 15 is 0 Å². The molecule has 4 nitrogen and oxygen atoms in total. The Balaban J connectivity index is 1.82. The van der Waals surface area contributed by atoms with E-state index in [4.69, 9.17) is 4.84 Å². The molecule has 1 atom stereocenters. The molecule has 0 saturated heterocycles. The summed E-state index contributed by atoms with van der Waals surface area (Å²) in [6, 6.07) is 16.8. The summed E-state index contributed by atoms with van der Waals surface area (Å²) in [6.45, 7) is 0. The van der Waals surface area contributed by atoms with Gasteiger partial charge < -0.3 is 10.2 Å². The van der Waals surface area contributed by atoms with Crippen molar-refractivity contribution in [2.75, 3.05) is 5.32 Å². The van der Waals surface area contributed by atoms with Gasteiger partial charge in [0.15, 0.2) is 6.10 Å².